The molecule has 2 aliphatic rings. The monoisotopic (exact) mass is 422 g/mol. The number of anilines is 1. The summed E-state index contributed by atoms with van der Waals surface area (Å²) in [5.74, 6) is 0.273. The molecule has 0 atom stereocenters. The van der Waals surface area contributed by atoms with Gasteiger partial charge in [-0.3, -0.25) is 5.32 Å². The molecule has 0 bridgehead atoms. The minimum Gasteiger partial charge on any atom is -0.321 e. The molecule has 1 N–H and O–H groups in total. The summed E-state index contributed by atoms with van der Waals surface area (Å²) in [6.45, 7) is 3.63. The molecule has 2 fully saturated rings. The molecule has 0 unspecified atom stereocenters. The molecule has 29 heavy (non-hydrogen) atoms. The van der Waals surface area contributed by atoms with Gasteiger partial charge in [-0.15, -0.1) is 5.10 Å². The van der Waals surface area contributed by atoms with Gasteiger partial charge in [0, 0.05) is 19.6 Å². The van der Waals surface area contributed by atoms with Crippen LogP contribution in [0.3, 0.4) is 0 Å². The summed E-state index contributed by atoms with van der Waals surface area (Å²) in [6.07, 6.45) is 1.25. The Morgan fingerprint density at radius 3 is 2.62 bits per heavy atom. The van der Waals surface area contributed by atoms with Gasteiger partial charge in [-0.2, -0.15) is 4.31 Å². The van der Waals surface area contributed by atoms with Crippen LogP contribution in [0, 0.1) is 5.82 Å². The zero-order chi connectivity index (χ0) is 20.6. The van der Waals surface area contributed by atoms with E-state index in [4.69, 9.17) is 0 Å². The number of hydrogen-bond donors (Lipinski definition) is 1. The Kier molecular flexibility index (Phi) is 5.26. The van der Waals surface area contributed by atoms with Crippen LogP contribution < -0.4 is 5.32 Å². The largest absolute Gasteiger partial charge is 0.323 e. The number of amides is 2. The van der Waals surface area contributed by atoms with Crippen molar-refractivity contribution in [1.29, 1.82) is 0 Å². The number of benzene rings is 1. The van der Waals surface area contributed by atoms with Crippen molar-refractivity contribution in [3.63, 3.8) is 0 Å². The van der Waals surface area contributed by atoms with Crippen LogP contribution in [0.1, 0.15) is 24.6 Å². The Labute approximate surface area is 168 Å². The molecule has 0 aliphatic carbocycles. The Morgan fingerprint density at radius 2 is 2.00 bits per heavy atom. The van der Waals surface area contributed by atoms with Crippen LogP contribution in [0.15, 0.2) is 24.3 Å². The van der Waals surface area contributed by atoms with E-state index in [0.29, 0.717) is 44.8 Å². The number of nitrogens with one attached hydrogen (secondary N) is 1. The van der Waals surface area contributed by atoms with Crippen LogP contribution in [0.4, 0.5) is 15.0 Å². The first-order valence-corrected chi connectivity index (χ1v) is 11.2. The maximum atomic E-state index is 13.1. The van der Waals surface area contributed by atoms with E-state index in [2.05, 4.69) is 15.6 Å². The first-order valence-electron chi connectivity index (χ1n) is 9.59. The van der Waals surface area contributed by atoms with Gasteiger partial charge in [0.05, 0.1) is 24.0 Å². The SMILES string of the molecule is CCc1c(NC(=O)N2CC(N3CCCS3(=O)=O)C2)nnn1Cc1ccc(F)cc1. The molecule has 2 saturated heterocycles. The summed E-state index contributed by atoms with van der Waals surface area (Å²) in [5.41, 5.74) is 1.64. The van der Waals surface area contributed by atoms with E-state index in [1.807, 2.05) is 6.92 Å². The van der Waals surface area contributed by atoms with E-state index in [-0.39, 0.29) is 23.6 Å². The predicted octanol–water partition coefficient (Wildman–Crippen LogP) is 1.28. The fraction of sp³-hybridized carbons (Fsp3) is 0.500. The highest BCUT2D eigenvalue weighted by Gasteiger charge is 2.42. The first-order chi connectivity index (χ1) is 13.9. The third-order valence-corrected chi connectivity index (χ3v) is 7.34. The van der Waals surface area contributed by atoms with E-state index in [0.717, 1.165) is 11.3 Å². The standard InChI is InChI=1S/C18H23FN6O3S/c1-2-16-17(21-22-24(16)10-13-4-6-14(19)7-5-13)20-18(26)23-11-15(12-23)25-8-3-9-29(25,27)28/h4-7,15H,2-3,8-12H2,1H3,(H,20,26). The molecule has 0 radical (unpaired) electrons. The average Bonchev–Trinajstić information content (AvgIpc) is 3.18. The lowest BCUT2D eigenvalue weighted by Gasteiger charge is -2.42. The van der Waals surface area contributed by atoms with Gasteiger partial charge in [-0.25, -0.2) is 22.3 Å². The number of sulfonamides is 1. The molecule has 2 amide bonds. The van der Waals surface area contributed by atoms with Crippen LogP contribution in [-0.2, 0) is 23.0 Å². The number of urea groups is 1. The number of halogens is 1. The second kappa shape index (κ2) is 7.71. The maximum absolute atomic E-state index is 13.1. The quantitative estimate of drug-likeness (QED) is 0.782. The van der Waals surface area contributed by atoms with Gasteiger partial charge in [0.25, 0.3) is 0 Å². The van der Waals surface area contributed by atoms with Crippen molar-refractivity contribution in [2.24, 2.45) is 0 Å². The summed E-state index contributed by atoms with van der Waals surface area (Å²) < 4.78 is 40.2. The highest BCUT2D eigenvalue weighted by atomic mass is 32.2. The number of aromatic nitrogens is 3. The summed E-state index contributed by atoms with van der Waals surface area (Å²) >= 11 is 0. The average molecular weight is 422 g/mol. The lowest BCUT2D eigenvalue weighted by atomic mass is 10.1. The Hall–Kier alpha value is -2.53. The van der Waals surface area contributed by atoms with Gasteiger partial charge in [-0.1, -0.05) is 24.3 Å². The van der Waals surface area contributed by atoms with E-state index in [1.165, 1.54) is 16.4 Å². The van der Waals surface area contributed by atoms with Gasteiger partial charge >= 0.3 is 6.03 Å². The van der Waals surface area contributed by atoms with Crippen LogP contribution in [0.2, 0.25) is 0 Å². The smallest absolute Gasteiger partial charge is 0.321 e. The predicted molar refractivity (Wildman–Crippen MR) is 104 cm³/mol. The number of carbonyl (C=O) groups excluding carboxylic acids is 1. The number of nitrogens with zero attached hydrogens (tertiary/aromatic N) is 5. The number of carbonyl (C=O) groups is 1. The van der Waals surface area contributed by atoms with Crippen LogP contribution in [-0.4, -0.2) is 70.1 Å². The molecular weight excluding hydrogens is 399 g/mol. The number of likely N-dealkylation sites (tertiary alicyclic amines) is 1. The molecule has 3 heterocycles. The van der Waals surface area contributed by atoms with Crippen LogP contribution in [0.25, 0.3) is 0 Å². The van der Waals surface area contributed by atoms with Gasteiger partial charge in [0.1, 0.15) is 5.82 Å². The minimum absolute atomic E-state index is 0.145. The summed E-state index contributed by atoms with van der Waals surface area (Å²) in [5, 5.41) is 11.0. The Bertz CT molecular complexity index is 1000. The van der Waals surface area contributed by atoms with Crippen molar-refractivity contribution in [3.05, 3.63) is 41.3 Å². The highest BCUT2D eigenvalue weighted by molar-refractivity contribution is 7.89. The summed E-state index contributed by atoms with van der Waals surface area (Å²) in [4.78, 5) is 14.1. The van der Waals surface area contributed by atoms with Crippen LogP contribution in [0.5, 0.6) is 0 Å². The van der Waals surface area contributed by atoms with Crippen molar-refractivity contribution in [2.45, 2.75) is 32.4 Å². The highest BCUT2D eigenvalue weighted by Crippen LogP contribution is 2.24. The van der Waals surface area contributed by atoms with Crippen LogP contribution >= 0.6 is 0 Å². The van der Waals surface area contributed by atoms with Crippen molar-refractivity contribution in [3.8, 4) is 0 Å². The second-order valence-corrected chi connectivity index (χ2v) is 9.33. The fourth-order valence-corrected chi connectivity index (χ4v) is 5.45. The summed E-state index contributed by atoms with van der Waals surface area (Å²) in [7, 11) is -3.17. The van der Waals surface area contributed by atoms with Crippen molar-refractivity contribution in [2.75, 3.05) is 30.7 Å². The molecule has 1 aromatic carbocycles. The fourth-order valence-electron chi connectivity index (χ4n) is 3.72. The third-order valence-electron chi connectivity index (χ3n) is 5.34. The molecule has 0 saturated carbocycles. The minimum atomic E-state index is -3.17. The second-order valence-electron chi connectivity index (χ2n) is 7.29. The summed E-state index contributed by atoms with van der Waals surface area (Å²) in [6, 6.07) is 5.68. The molecule has 11 heteroatoms. The lowest BCUT2D eigenvalue weighted by Crippen LogP contribution is -2.62. The molecular formula is C18H23FN6O3S. The van der Waals surface area contributed by atoms with Gasteiger partial charge in [0.15, 0.2) is 5.82 Å². The molecule has 156 valence electrons. The Morgan fingerprint density at radius 1 is 1.28 bits per heavy atom. The molecule has 2 aromatic rings. The Balaban J connectivity index is 1.38. The number of hydrogen-bond acceptors (Lipinski definition) is 5. The lowest BCUT2D eigenvalue weighted by molar-refractivity contribution is 0.113. The zero-order valence-corrected chi connectivity index (χ0v) is 16.9. The molecule has 1 aromatic heterocycles. The van der Waals surface area contributed by atoms with Gasteiger partial charge in [-0.05, 0) is 30.5 Å². The maximum Gasteiger partial charge on any atom is 0.323 e. The molecule has 0 spiro atoms. The normalized spacial score (nSPS) is 19.3. The van der Waals surface area contributed by atoms with Gasteiger partial charge in [0.2, 0.25) is 10.0 Å². The number of rotatable bonds is 5. The van der Waals surface area contributed by atoms with E-state index < -0.39 is 10.0 Å². The van der Waals surface area contributed by atoms with Crippen molar-refractivity contribution < 1.29 is 17.6 Å². The van der Waals surface area contributed by atoms with Crippen molar-refractivity contribution >= 4 is 21.9 Å². The molecule has 4 rings (SSSR count). The van der Waals surface area contributed by atoms with Gasteiger partial charge < -0.3 is 4.90 Å². The van der Waals surface area contributed by atoms with E-state index >= 15 is 0 Å². The molecule has 9 nitrogen and oxygen atoms in total. The zero-order valence-electron chi connectivity index (χ0n) is 16.1. The van der Waals surface area contributed by atoms with E-state index in [1.54, 1.807) is 21.7 Å². The first kappa shape index (κ1) is 19.8. The third kappa shape index (κ3) is 3.97. The molecule has 2 aliphatic heterocycles. The van der Waals surface area contributed by atoms with E-state index in [9.17, 15) is 17.6 Å². The van der Waals surface area contributed by atoms with Crippen molar-refractivity contribution in [1.82, 2.24) is 24.2 Å². The topological polar surface area (TPSA) is 100 Å².